The predicted molar refractivity (Wildman–Crippen MR) is 157 cm³/mol. The Morgan fingerprint density at radius 2 is 1.73 bits per heavy atom. The van der Waals surface area contributed by atoms with E-state index in [0.717, 1.165) is 16.7 Å². The number of anilines is 4. The highest BCUT2D eigenvalue weighted by Gasteiger charge is 2.17. The van der Waals surface area contributed by atoms with E-state index in [2.05, 4.69) is 25.9 Å². The number of nitrogens with one attached hydrogen (secondary N) is 3. The van der Waals surface area contributed by atoms with E-state index in [0.29, 0.717) is 17.0 Å². The second-order valence-corrected chi connectivity index (χ2v) is 11.1. The molecule has 5 N–H and O–H groups in total. The number of hydrogen-bond donors (Lipinski definition) is 4. The molecule has 10 nitrogen and oxygen atoms in total. The molecule has 1 aromatic heterocycles. The van der Waals surface area contributed by atoms with Gasteiger partial charge in [-0.25, -0.2) is 18.5 Å². The molecule has 0 spiro atoms. The smallest absolute Gasteiger partial charge is 0.251 e. The van der Waals surface area contributed by atoms with E-state index < -0.39 is 10.0 Å². The molecule has 12 heteroatoms. The normalized spacial score (nSPS) is 11.3. The number of carbonyl (C=O) groups excluding carboxylic acids is 1. The molecule has 0 unspecified atom stereocenters. The zero-order valence-corrected chi connectivity index (χ0v) is 23.9. The highest BCUT2D eigenvalue weighted by atomic mass is 35.5. The number of halogens is 1. The summed E-state index contributed by atoms with van der Waals surface area (Å²) in [4.78, 5) is 20.6. The van der Waals surface area contributed by atoms with Crippen molar-refractivity contribution in [3.05, 3.63) is 83.0 Å². The Kier molecular flexibility index (Phi) is 8.58. The number of sulfonamides is 1. The third kappa shape index (κ3) is 6.68. The number of rotatable bonds is 9. The van der Waals surface area contributed by atoms with Crippen molar-refractivity contribution in [2.45, 2.75) is 31.8 Å². The van der Waals surface area contributed by atoms with E-state index in [1.807, 2.05) is 45.0 Å². The summed E-state index contributed by atoms with van der Waals surface area (Å²) in [6, 6.07) is 17.3. The zero-order valence-electron chi connectivity index (χ0n) is 22.3. The van der Waals surface area contributed by atoms with Crippen LogP contribution in [0, 0.1) is 6.92 Å². The number of nitrogens with zero attached hydrogens (tertiary/aromatic N) is 2. The summed E-state index contributed by atoms with van der Waals surface area (Å²) < 4.78 is 30.1. The molecule has 40 heavy (non-hydrogen) atoms. The molecule has 0 aliphatic rings. The van der Waals surface area contributed by atoms with E-state index in [-0.39, 0.29) is 39.4 Å². The number of carbonyl (C=O) groups is 1. The van der Waals surface area contributed by atoms with Crippen molar-refractivity contribution in [3.8, 4) is 16.9 Å². The first kappa shape index (κ1) is 28.8. The summed E-state index contributed by atoms with van der Waals surface area (Å²) >= 11 is 6.32. The van der Waals surface area contributed by atoms with Crippen LogP contribution in [-0.2, 0) is 10.0 Å². The number of amides is 1. The van der Waals surface area contributed by atoms with Crippen LogP contribution < -0.4 is 25.8 Å². The van der Waals surface area contributed by atoms with Gasteiger partial charge in [-0.15, -0.1) is 0 Å². The number of para-hydroxylation sites is 1. The van der Waals surface area contributed by atoms with Crippen molar-refractivity contribution in [1.29, 1.82) is 0 Å². The number of aromatic nitrogens is 2. The highest BCUT2D eigenvalue weighted by Crippen LogP contribution is 2.37. The van der Waals surface area contributed by atoms with E-state index in [1.165, 1.54) is 12.3 Å². The van der Waals surface area contributed by atoms with Crippen LogP contribution in [0.5, 0.6) is 5.75 Å². The summed E-state index contributed by atoms with van der Waals surface area (Å²) in [5.41, 5.74) is 4.22. The zero-order chi connectivity index (χ0) is 29.0. The molecule has 0 fully saturated rings. The minimum Gasteiger partial charge on any atom is -0.489 e. The summed E-state index contributed by atoms with van der Waals surface area (Å²) in [5.74, 6) is 0.803. The Bertz CT molecular complexity index is 1660. The molecule has 0 saturated carbocycles. The van der Waals surface area contributed by atoms with Gasteiger partial charge in [0.15, 0.2) is 5.82 Å². The van der Waals surface area contributed by atoms with Crippen LogP contribution in [0.15, 0.2) is 71.8 Å². The van der Waals surface area contributed by atoms with Gasteiger partial charge >= 0.3 is 0 Å². The highest BCUT2D eigenvalue weighted by molar-refractivity contribution is 7.89. The molecular weight excluding hydrogens is 552 g/mol. The first-order valence-corrected chi connectivity index (χ1v) is 14.2. The first-order chi connectivity index (χ1) is 19.0. The minimum absolute atomic E-state index is 0.0959. The molecule has 0 saturated heterocycles. The lowest BCUT2D eigenvalue weighted by Crippen LogP contribution is -2.17. The second-order valence-electron chi connectivity index (χ2n) is 9.17. The number of primary sulfonamides is 1. The fourth-order valence-electron chi connectivity index (χ4n) is 3.97. The van der Waals surface area contributed by atoms with Gasteiger partial charge in [0.2, 0.25) is 16.0 Å². The number of hydrogen-bond acceptors (Lipinski definition) is 8. The average Bonchev–Trinajstić information content (AvgIpc) is 2.91. The molecule has 4 rings (SSSR count). The summed E-state index contributed by atoms with van der Waals surface area (Å²) in [7, 11) is -2.39. The van der Waals surface area contributed by atoms with E-state index in [1.54, 1.807) is 37.4 Å². The third-order valence-corrected chi connectivity index (χ3v) is 7.06. The van der Waals surface area contributed by atoms with Crippen LogP contribution in [-0.4, -0.2) is 37.4 Å². The van der Waals surface area contributed by atoms with Gasteiger partial charge in [0.25, 0.3) is 5.91 Å². The van der Waals surface area contributed by atoms with Crippen molar-refractivity contribution < 1.29 is 17.9 Å². The lowest BCUT2D eigenvalue weighted by molar-refractivity contribution is 0.0963. The van der Waals surface area contributed by atoms with Gasteiger partial charge < -0.3 is 20.7 Å². The van der Waals surface area contributed by atoms with Crippen LogP contribution in [0.1, 0.15) is 29.8 Å². The van der Waals surface area contributed by atoms with Crippen molar-refractivity contribution in [2.75, 3.05) is 17.7 Å². The van der Waals surface area contributed by atoms with Gasteiger partial charge in [-0.1, -0.05) is 35.9 Å². The number of benzene rings is 3. The molecule has 3 aromatic carbocycles. The summed E-state index contributed by atoms with van der Waals surface area (Å²) in [6.07, 6.45) is 1.28. The van der Waals surface area contributed by atoms with E-state index >= 15 is 0 Å². The molecule has 208 valence electrons. The number of nitrogens with two attached hydrogens (primary N) is 1. The topological polar surface area (TPSA) is 148 Å². The minimum atomic E-state index is -3.98. The van der Waals surface area contributed by atoms with Gasteiger partial charge in [0.1, 0.15) is 15.7 Å². The first-order valence-electron chi connectivity index (χ1n) is 12.3. The summed E-state index contributed by atoms with van der Waals surface area (Å²) in [5, 5.41) is 14.3. The lowest BCUT2D eigenvalue weighted by Gasteiger charge is -2.19. The quantitative estimate of drug-likeness (QED) is 0.206. The maximum atomic E-state index is 12.0. The summed E-state index contributed by atoms with van der Waals surface area (Å²) in [6.45, 7) is 5.81. The molecular formula is C28H29ClN6O4S. The molecule has 0 bridgehead atoms. The maximum Gasteiger partial charge on any atom is 0.251 e. The van der Waals surface area contributed by atoms with Gasteiger partial charge in [-0.05, 0) is 73.9 Å². The maximum absolute atomic E-state index is 12.0. The monoisotopic (exact) mass is 580 g/mol. The standard InChI is InChI=1S/C28H29ClN6O4S/c1-16(2)39-24-14-20(18-9-11-19(12-10-18)27(36)31-4)17(3)13-23(24)34-28-32-15-21(29)26(35-28)33-22-7-5-6-8-25(22)40(30,37)38/h5-16H,1-4H3,(H,31,36)(H2,30,37,38)(H2,32,33,34,35). The Morgan fingerprint density at radius 3 is 2.38 bits per heavy atom. The van der Waals surface area contributed by atoms with Gasteiger partial charge in [-0.2, -0.15) is 4.98 Å². The SMILES string of the molecule is CNC(=O)c1ccc(-c2cc(OC(C)C)c(Nc3ncc(Cl)c(Nc4ccccc4S(N)(=O)=O)n3)cc2C)cc1. The van der Waals surface area contributed by atoms with Gasteiger partial charge in [0.05, 0.1) is 23.7 Å². The van der Waals surface area contributed by atoms with Crippen molar-refractivity contribution >= 4 is 50.7 Å². The van der Waals surface area contributed by atoms with Crippen molar-refractivity contribution in [3.63, 3.8) is 0 Å². The molecule has 0 atom stereocenters. The van der Waals surface area contributed by atoms with Crippen LogP contribution in [0.3, 0.4) is 0 Å². The molecule has 0 aliphatic heterocycles. The average molecular weight is 581 g/mol. The lowest BCUT2D eigenvalue weighted by atomic mass is 9.98. The second kappa shape index (κ2) is 11.9. The Morgan fingerprint density at radius 1 is 1.02 bits per heavy atom. The fourth-order valence-corrected chi connectivity index (χ4v) is 4.81. The van der Waals surface area contributed by atoms with Gasteiger partial charge in [-0.3, -0.25) is 4.79 Å². The Hall–Kier alpha value is -4.19. The van der Waals surface area contributed by atoms with Crippen LogP contribution >= 0.6 is 11.6 Å². The molecule has 4 aromatic rings. The van der Waals surface area contributed by atoms with Crippen LogP contribution in [0.4, 0.5) is 23.1 Å². The largest absolute Gasteiger partial charge is 0.489 e. The van der Waals surface area contributed by atoms with E-state index in [9.17, 15) is 13.2 Å². The Labute approximate surface area is 238 Å². The molecule has 1 amide bonds. The van der Waals surface area contributed by atoms with Crippen LogP contribution in [0.25, 0.3) is 11.1 Å². The van der Waals surface area contributed by atoms with E-state index in [4.69, 9.17) is 21.5 Å². The van der Waals surface area contributed by atoms with Crippen molar-refractivity contribution in [2.24, 2.45) is 5.14 Å². The fraction of sp³-hybridized carbons (Fsp3) is 0.179. The molecule has 0 radical (unpaired) electrons. The van der Waals surface area contributed by atoms with Crippen LogP contribution in [0.2, 0.25) is 5.02 Å². The molecule has 0 aliphatic carbocycles. The van der Waals surface area contributed by atoms with Gasteiger partial charge in [0, 0.05) is 12.6 Å². The third-order valence-electron chi connectivity index (χ3n) is 5.81. The molecule has 1 heterocycles. The van der Waals surface area contributed by atoms with Crippen molar-refractivity contribution in [1.82, 2.24) is 15.3 Å². The number of aryl methyl sites for hydroxylation is 1. The number of ether oxygens (including phenoxy) is 1. The Balaban J connectivity index is 1.68. The predicted octanol–water partition coefficient (Wildman–Crippen LogP) is 5.39.